The Kier molecular flexibility index (Phi) is 2.32. The quantitative estimate of drug-likeness (QED) is 0.602. The van der Waals surface area contributed by atoms with E-state index in [-0.39, 0.29) is 11.9 Å². The number of imide groups is 1. The van der Waals surface area contributed by atoms with Crippen LogP contribution < -0.4 is 0 Å². The van der Waals surface area contributed by atoms with E-state index >= 15 is 0 Å². The van der Waals surface area contributed by atoms with Gasteiger partial charge >= 0.3 is 6.03 Å². The summed E-state index contributed by atoms with van der Waals surface area (Å²) in [5.74, 6) is -0.0787. The fourth-order valence-electron chi connectivity index (χ4n) is 1.58. The number of amides is 3. The molecule has 4 nitrogen and oxygen atoms in total. The summed E-state index contributed by atoms with van der Waals surface area (Å²) in [5.41, 5.74) is -0.632. The Morgan fingerprint density at radius 1 is 1.31 bits per heavy atom. The fourth-order valence-corrected chi connectivity index (χ4v) is 1.58. The third-order valence-corrected chi connectivity index (χ3v) is 2.97. The number of nitrogens with zero attached hydrogens (tertiary/aromatic N) is 2. The van der Waals surface area contributed by atoms with Gasteiger partial charge < -0.3 is 4.90 Å². The molecule has 1 unspecified atom stereocenters. The number of hydrogen-bond donors (Lipinski definition) is 0. The highest BCUT2D eigenvalue weighted by atomic mass is 16.2. The Morgan fingerprint density at radius 3 is 2.08 bits per heavy atom. The molecule has 0 radical (unpaired) electrons. The first-order chi connectivity index (χ1) is 5.99. The molecule has 0 aromatic rings. The summed E-state index contributed by atoms with van der Waals surface area (Å²) in [6.45, 7) is 5.99. The number of hydrogen-bond acceptors (Lipinski definition) is 2. The predicted molar refractivity (Wildman–Crippen MR) is 49.2 cm³/mol. The molecule has 1 aliphatic rings. The van der Waals surface area contributed by atoms with Gasteiger partial charge in [-0.15, -0.1) is 0 Å². The average molecular weight is 184 g/mol. The van der Waals surface area contributed by atoms with Gasteiger partial charge in [0.1, 0.15) is 5.54 Å². The molecule has 13 heavy (non-hydrogen) atoms. The van der Waals surface area contributed by atoms with Crippen LogP contribution in [0, 0.1) is 0 Å². The zero-order valence-corrected chi connectivity index (χ0v) is 8.63. The standard InChI is InChI=1S/C9H16N2O2/c1-5-9(3)7(12)11(6-2)8(13)10(9)4/h5-6H2,1-4H3. The molecule has 1 aliphatic heterocycles. The van der Waals surface area contributed by atoms with Gasteiger partial charge in [-0.3, -0.25) is 9.69 Å². The van der Waals surface area contributed by atoms with Crippen LogP contribution in [-0.2, 0) is 4.79 Å². The van der Waals surface area contributed by atoms with E-state index in [1.165, 1.54) is 9.80 Å². The van der Waals surface area contributed by atoms with E-state index in [0.717, 1.165) is 0 Å². The highest BCUT2D eigenvalue weighted by Gasteiger charge is 2.50. The van der Waals surface area contributed by atoms with Gasteiger partial charge in [0.2, 0.25) is 0 Å². The van der Waals surface area contributed by atoms with Gasteiger partial charge in [-0.1, -0.05) is 6.92 Å². The topological polar surface area (TPSA) is 40.6 Å². The van der Waals surface area contributed by atoms with Crippen LogP contribution in [-0.4, -0.2) is 40.9 Å². The third-order valence-electron chi connectivity index (χ3n) is 2.97. The maximum absolute atomic E-state index is 11.8. The van der Waals surface area contributed by atoms with E-state index in [0.29, 0.717) is 13.0 Å². The SMILES string of the molecule is CCN1C(=O)N(C)C(C)(CC)C1=O. The molecule has 1 saturated heterocycles. The summed E-state index contributed by atoms with van der Waals surface area (Å²) in [6, 6.07) is -0.183. The van der Waals surface area contributed by atoms with Gasteiger partial charge in [0.15, 0.2) is 0 Å². The van der Waals surface area contributed by atoms with E-state index in [2.05, 4.69) is 0 Å². The Morgan fingerprint density at radius 2 is 1.85 bits per heavy atom. The van der Waals surface area contributed by atoms with Crippen LogP contribution in [0.15, 0.2) is 0 Å². The van der Waals surface area contributed by atoms with Crippen LogP contribution in [0.5, 0.6) is 0 Å². The number of carbonyl (C=O) groups is 2. The van der Waals surface area contributed by atoms with Crippen molar-refractivity contribution in [2.75, 3.05) is 13.6 Å². The molecule has 1 rings (SSSR count). The molecule has 0 aliphatic carbocycles. The lowest BCUT2D eigenvalue weighted by Crippen LogP contribution is -2.44. The van der Waals surface area contributed by atoms with Crippen LogP contribution in [0.2, 0.25) is 0 Å². The van der Waals surface area contributed by atoms with Gasteiger partial charge in [-0.05, 0) is 20.3 Å². The molecule has 74 valence electrons. The van der Waals surface area contributed by atoms with Crippen molar-refractivity contribution in [3.63, 3.8) is 0 Å². The maximum atomic E-state index is 11.8. The Bertz CT molecular complexity index is 252. The fraction of sp³-hybridized carbons (Fsp3) is 0.778. The number of rotatable bonds is 2. The maximum Gasteiger partial charge on any atom is 0.327 e. The largest absolute Gasteiger partial charge is 0.327 e. The lowest BCUT2D eigenvalue weighted by Gasteiger charge is -2.26. The van der Waals surface area contributed by atoms with Crippen molar-refractivity contribution >= 4 is 11.9 Å². The molecule has 4 heteroatoms. The molecule has 0 bridgehead atoms. The second kappa shape index (κ2) is 3.01. The predicted octanol–water partition coefficient (Wildman–Crippen LogP) is 1.07. The molecule has 1 heterocycles. The zero-order valence-electron chi connectivity index (χ0n) is 8.63. The van der Waals surface area contributed by atoms with Crippen LogP contribution >= 0.6 is 0 Å². The van der Waals surface area contributed by atoms with E-state index in [1.54, 1.807) is 7.05 Å². The van der Waals surface area contributed by atoms with Crippen LogP contribution in [0.3, 0.4) is 0 Å². The van der Waals surface area contributed by atoms with Crippen LogP contribution in [0.25, 0.3) is 0 Å². The normalized spacial score (nSPS) is 28.9. The molecular weight excluding hydrogens is 168 g/mol. The summed E-state index contributed by atoms with van der Waals surface area (Å²) < 4.78 is 0. The first kappa shape index (κ1) is 10.0. The van der Waals surface area contributed by atoms with Gasteiger partial charge in [-0.2, -0.15) is 0 Å². The Hall–Kier alpha value is -1.06. The summed E-state index contributed by atoms with van der Waals surface area (Å²) in [4.78, 5) is 26.1. The van der Waals surface area contributed by atoms with Crippen LogP contribution in [0.1, 0.15) is 27.2 Å². The van der Waals surface area contributed by atoms with Crippen molar-refractivity contribution < 1.29 is 9.59 Å². The lowest BCUT2D eigenvalue weighted by atomic mass is 9.98. The molecule has 0 N–H and O–H groups in total. The first-order valence-electron chi connectivity index (χ1n) is 4.58. The molecule has 0 aromatic carbocycles. The average Bonchev–Trinajstić information content (AvgIpc) is 2.29. The number of likely N-dealkylation sites (N-methyl/N-ethyl adjacent to an activating group) is 2. The molecule has 1 atom stereocenters. The van der Waals surface area contributed by atoms with Gasteiger partial charge in [-0.25, -0.2) is 4.79 Å². The smallest absolute Gasteiger partial charge is 0.313 e. The zero-order chi connectivity index (χ0) is 10.2. The van der Waals surface area contributed by atoms with Crippen molar-refractivity contribution in [1.29, 1.82) is 0 Å². The lowest BCUT2D eigenvalue weighted by molar-refractivity contribution is -0.132. The van der Waals surface area contributed by atoms with E-state index in [1.807, 2.05) is 20.8 Å². The molecule has 0 spiro atoms. The molecular formula is C9H16N2O2. The summed E-state index contributed by atoms with van der Waals surface area (Å²) >= 11 is 0. The van der Waals surface area contributed by atoms with Gasteiger partial charge in [0.25, 0.3) is 5.91 Å². The van der Waals surface area contributed by atoms with Gasteiger partial charge in [0, 0.05) is 13.6 Å². The van der Waals surface area contributed by atoms with Crippen molar-refractivity contribution in [3.05, 3.63) is 0 Å². The molecule has 0 saturated carbocycles. The van der Waals surface area contributed by atoms with Crippen LogP contribution in [0.4, 0.5) is 4.79 Å². The second-order valence-electron chi connectivity index (χ2n) is 3.52. The van der Waals surface area contributed by atoms with Crippen molar-refractivity contribution in [3.8, 4) is 0 Å². The Labute approximate surface area is 78.5 Å². The minimum Gasteiger partial charge on any atom is -0.313 e. The molecule has 1 fully saturated rings. The monoisotopic (exact) mass is 184 g/mol. The summed E-state index contributed by atoms with van der Waals surface area (Å²) in [6.07, 6.45) is 0.657. The van der Waals surface area contributed by atoms with E-state index in [9.17, 15) is 9.59 Å². The number of carbonyl (C=O) groups excluding carboxylic acids is 2. The number of urea groups is 1. The van der Waals surface area contributed by atoms with Crippen molar-refractivity contribution in [2.45, 2.75) is 32.7 Å². The summed E-state index contributed by atoms with van der Waals surface area (Å²) in [5, 5.41) is 0. The minimum atomic E-state index is -0.632. The van der Waals surface area contributed by atoms with E-state index in [4.69, 9.17) is 0 Å². The highest BCUT2D eigenvalue weighted by molar-refractivity contribution is 6.06. The molecule has 3 amide bonds. The summed E-state index contributed by atoms with van der Waals surface area (Å²) in [7, 11) is 1.68. The third kappa shape index (κ3) is 1.12. The second-order valence-corrected chi connectivity index (χ2v) is 3.52. The first-order valence-corrected chi connectivity index (χ1v) is 4.58. The minimum absolute atomic E-state index is 0.0787. The van der Waals surface area contributed by atoms with Crippen molar-refractivity contribution in [1.82, 2.24) is 9.80 Å². The highest BCUT2D eigenvalue weighted by Crippen LogP contribution is 2.28. The Balaban J connectivity index is 3.05. The van der Waals surface area contributed by atoms with E-state index < -0.39 is 5.54 Å². The van der Waals surface area contributed by atoms with Gasteiger partial charge in [0.05, 0.1) is 0 Å². The van der Waals surface area contributed by atoms with Crippen molar-refractivity contribution in [2.24, 2.45) is 0 Å². The molecule has 0 aromatic heterocycles.